The Bertz CT molecular complexity index is 446. The van der Waals surface area contributed by atoms with Gasteiger partial charge in [-0.1, -0.05) is 43.8 Å². The molecule has 0 amide bonds. The van der Waals surface area contributed by atoms with Gasteiger partial charge >= 0.3 is 0 Å². The van der Waals surface area contributed by atoms with Crippen molar-refractivity contribution in [2.75, 3.05) is 27.4 Å². The molecule has 0 heterocycles. The fraction of sp³-hybridized carbons (Fsp3) is 0.579. The Kier molecular flexibility index (Phi) is 5.60. The highest BCUT2D eigenvalue weighted by molar-refractivity contribution is 5.63. The van der Waals surface area contributed by atoms with Crippen molar-refractivity contribution in [3.05, 3.63) is 42.5 Å². The average molecular weight is 288 g/mol. The third-order valence-electron chi connectivity index (χ3n) is 4.85. The highest BCUT2D eigenvalue weighted by Gasteiger charge is 2.43. The van der Waals surface area contributed by atoms with E-state index in [-0.39, 0.29) is 5.41 Å². The van der Waals surface area contributed by atoms with Crippen LogP contribution in [0.25, 0.3) is 5.57 Å². The van der Waals surface area contributed by atoms with E-state index >= 15 is 0 Å². The van der Waals surface area contributed by atoms with Crippen molar-refractivity contribution in [1.82, 2.24) is 0 Å². The quantitative estimate of drug-likeness (QED) is 0.739. The van der Waals surface area contributed by atoms with E-state index in [1.807, 2.05) is 0 Å². The lowest BCUT2D eigenvalue weighted by atomic mass is 9.85. The van der Waals surface area contributed by atoms with Gasteiger partial charge in [0.15, 0.2) is 0 Å². The minimum absolute atomic E-state index is 0.185. The molecular formula is C19H28O2. The number of hydrogen-bond acceptors (Lipinski definition) is 2. The van der Waals surface area contributed by atoms with Gasteiger partial charge in [0.25, 0.3) is 0 Å². The van der Waals surface area contributed by atoms with Crippen LogP contribution in [0.2, 0.25) is 0 Å². The molecule has 1 fully saturated rings. The Morgan fingerprint density at radius 2 is 1.76 bits per heavy atom. The van der Waals surface area contributed by atoms with Crippen LogP contribution in [0.5, 0.6) is 0 Å². The topological polar surface area (TPSA) is 18.5 Å². The minimum Gasteiger partial charge on any atom is -0.384 e. The zero-order valence-electron chi connectivity index (χ0n) is 13.6. The number of methoxy groups -OCH3 is 2. The maximum Gasteiger partial charge on any atom is 0.0540 e. The van der Waals surface area contributed by atoms with E-state index in [4.69, 9.17) is 9.47 Å². The first-order valence-corrected chi connectivity index (χ1v) is 7.81. The van der Waals surface area contributed by atoms with Crippen molar-refractivity contribution in [2.45, 2.75) is 26.2 Å². The fourth-order valence-electron chi connectivity index (χ4n) is 3.96. The van der Waals surface area contributed by atoms with Crippen LogP contribution in [0.3, 0.4) is 0 Å². The smallest absolute Gasteiger partial charge is 0.0540 e. The zero-order valence-corrected chi connectivity index (χ0v) is 13.6. The van der Waals surface area contributed by atoms with Gasteiger partial charge in [0.05, 0.1) is 13.2 Å². The molecule has 2 atom stereocenters. The van der Waals surface area contributed by atoms with Crippen LogP contribution in [-0.2, 0) is 9.47 Å². The summed E-state index contributed by atoms with van der Waals surface area (Å²) in [7, 11) is 3.58. The second-order valence-electron chi connectivity index (χ2n) is 6.69. The molecule has 1 aromatic rings. The molecule has 2 heteroatoms. The molecule has 1 aliphatic rings. The standard InChI is InChI=1S/C19H28O2/c1-15(17-8-6-5-7-9-17)10-18-12-19(13-20-3,14-21-4)11-16(18)2/h5-9,16,18H,1,10-14H2,2-4H3/t16-,18-/m1/s1. The van der Waals surface area contributed by atoms with Gasteiger partial charge in [-0.25, -0.2) is 0 Å². The van der Waals surface area contributed by atoms with Crippen LogP contribution in [0.1, 0.15) is 31.7 Å². The van der Waals surface area contributed by atoms with Crippen molar-refractivity contribution in [3.8, 4) is 0 Å². The van der Waals surface area contributed by atoms with E-state index in [2.05, 4.69) is 43.8 Å². The van der Waals surface area contributed by atoms with Gasteiger partial charge in [-0.3, -0.25) is 0 Å². The molecule has 0 spiro atoms. The van der Waals surface area contributed by atoms with E-state index < -0.39 is 0 Å². The maximum absolute atomic E-state index is 5.47. The van der Waals surface area contributed by atoms with Crippen LogP contribution in [-0.4, -0.2) is 27.4 Å². The molecule has 0 N–H and O–H groups in total. The number of hydrogen-bond donors (Lipinski definition) is 0. The summed E-state index contributed by atoms with van der Waals surface area (Å²) in [5.41, 5.74) is 2.70. The number of ether oxygens (including phenoxy) is 2. The highest BCUT2D eigenvalue weighted by atomic mass is 16.5. The lowest BCUT2D eigenvalue weighted by Gasteiger charge is -2.27. The van der Waals surface area contributed by atoms with E-state index in [0.717, 1.165) is 19.6 Å². The van der Waals surface area contributed by atoms with Crippen LogP contribution in [0.15, 0.2) is 36.9 Å². The minimum atomic E-state index is 0.185. The summed E-state index contributed by atoms with van der Waals surface area (Å²) < 4.78 is 10.9. The first-order chi connectivity index (χ1) is 10.1. The van der Waals surface area contributed by atoms with Crippen molar-refractivity contribution in [2.24, 2.45) is 17.3 Å². The van der Waals surface area contributed by atoms with Crippen LogP contribution >= 0.6 is 0 Å². The summed E-state index contributed by atoms with van der Waals surface area (Å²) in [6.07, 6.45) is 3.42. The number of allylic oxidation sites excluding steroid dienone is 1. The van der Waals surface area contributed by atoms with Crippen molar-refractivity contribution >= 4 is 5.57 Å². The third-order valence-corrected chi connectivity index (χ3v) is 4.85. The highest BCUT2D eigenvalue weighted by Crippen LogP contribution is 2.48. The lowest BCUT2D eigenvalue weighted by Crippen LogP contribution is -2.29. The largest absolute Gasteiger partial charge is 0.384 e. The molecule has 2 nitrogen and oxygen atoms in total. The summed E-state index contributed by atoms with van der Waals surface area (Å²) in [6, 6.07) is 10.5. The molecule has 0 aromatic heterocycles. The average Bonchev–Trinajstić information content (AvgIpc) is 2.76. The second-order valence-corrected chi connectivity index (χ2v) is 6.69. The first-order valence-electron chi connectivity index (χ1n) is 7.81. The monoisotopic (exact) mass is 288 g/mol. The Labute approximate surface area is 129 Å². The molecule has 0 radical (unpaired) electrons. The molecule has 0 saturated heterocycles. The van der Waals surface area contributed by atoms with Gasteiger partial charge in [-0.15, -0.1) is 0 Å². The molecule has 1 saturated carbocycles. The summed E-state index contributed by atoms with van der Waals surface area (Å²) in [4.78, 5) is 0. The molecule has 1 aromatic carbocycles. The number of rotatable bonds is 7. The van der Waals surface area contributed by atoms with Gasteiger partial charge < -0.3 is 9.47 Å². The SMILES string of the molecule is C=C(C[C@@H]1CC(COC)(COC)C[C@H]1C)c1ccccc1. The van der Waals surface area contributed by atoms with Crippen molar-refractivity contribution in [1.29, 1.82) is 0 Å². The molecule has 0 unspecified atom stereocenters. The van der Waals surface area contributed by atoms with Gasteiger partial charge in [-0.05, 0) is 42.2 Å². The third kappa shape index (κ3) is 3.96. The van der Waals surface area contributed by atoms with E-state index in [1.54, 1.807) is 14.2 Å². The first kappa shape index (κ1) is 16.3. The van der Waals surface area contributed by atoms with Gasteiger partial charge in [-0.2, -0.15) is 0 Å². The van der Waals surface area contributed by atoms with E-state index in [1.165, 1.54) is 24.0 Å². The predicted molar refractivity (Wildman–Crippen MR) is 88.2 cm³/mol. The molecule has 116 valence electrons. The summed E-state index contributed by atoms with van der Waals surface area (Å²) in [5, 5.41) is 0. The summed E-state index contributed by atoms with van der Waals surface area (Å²) in [6.45, 7) is 8.24. The van der Waals surface area contributed by atoms with E-state index in [9.17, 15) is 0 Å². The maximum atomic E-state index is 5.47. The number of benzene rings is 1. The van der Waals surface area contributed by atoms with Crippen molar-refractivity contribution in [3.63, 3.8) is 0 Å². The van der Waals surface area contributed by atoms with Crippen molar-refractivity contribution < 1.29 is 9.47 Å². The Balaban J connectivity index is 2.02. The lowest BCUT2D eigenvalue weighted by molar-refractivity contribution is 0.0108. The molecule has 2 rings (SSSR count). The molecule has 21 heavy (non-hydrogen) atoms. The summed E-state index contributed by atoms with van der Waals surface area (Å²) >= 11 is 0. The normalized spacial score (nSPS) is 24.1. The predicted octanol–water partition coefficient (Wildman–Crippen LogP) is 4.42. The van der Waals surface area contributed by atoms with Crippen LogP contribution in [0.4, 0.5) is 0 Å². The van der Waals surface area contributed by atoms with Gasteiger partial charge in [0, 0.05) is 19.6 Å². The zero-order chi connectivity index (χ0) is 15.3. The van der Waals surface area contributed by atoms with Crippen LogP contribution < -0.4 is 0 Å². The van der Waals surface area contributed by atoms with E-state index in [0.29, 0.717) is 11.8 Å². The Hall–Kier alpha value is -1.12. The molecule has 0 bridgehead atoms. The second kappa shape index (κ2) is 7.24. The summed E-state index contributed by atoms with van der Waals surface area (Å²) in [5.74, 6) is 1.36. The van der Waals surface area contributed by atoms with Gasteiger partial charge in [0.1, 0.15) is 0 Å². The van der Waals surface area contributed by atoms with Crippen LogP contribution in [0, 0.1) is 17.3 Å². The fourth-order valence-corrected chi connectivity index (χ4v) is 3.96. The Morgan fingerprint density at radius 1 is 1.14 bits per heavy atom. The Morgan fingerprint density at radius 3 is 2.33 bits per heavy atom. The van der Waals surface area contributed by atoms with Gasteiger partial charge in [0.2, 0.25) is 0 Å². The molecular weight excluding hydrogens is 260 g/mol. The molecule has 0 aliphatic heterocycles. The molecule has 1 aliphatic carbocycles.